The molecule has 1 aromatic rings. The van der Waals surface area contributed by atoms with Gasteiger partial charge < -0.3 is 0 Å². The number of alkyl halides is 3. The van der Waals surface area contributed by atoms with Gasteiger partial charge >= 0.3 is 6.18 Å². The summed E-state index contributed by atoms with van der Waals surface area (Å²) in [5.41, 5.74) is 2.43. The molecule has 1 atom stereocenters. The van der Waals surface area contributed by atoms with Gasteiger partial charge in [0.1, 0.15) is 0 Å². The minimum atomic E-state index is -4.12. The summed E-state index contributed by atoms with van der Waals surface area (Å²) in [6, 6.07) is 1.52. The van der Waals surface area contributed by atoms with Gasteiger partial charge in [-0.05, 0) is 40.2 Å². The van der Waals surface area contributed by atoms with Crippen molar-refractivity contribution in [2.75, 3.05) is 0 Å². The van der Waals surface area contributed by atoms with Crippen LogP contribution in [0.3, 0.4) is 0 Å². The molecule has 0 bridgehead atoms. The maximum Gasteiger partial charge on any atom is 0.389 e. The van der Waals surface area contributed by atoms with Gasteiger partial charge in [0.05, 0.1) is 0 Å². The molecule has 0 fully saturated rings. The minimum absolute atomic E-state index is 0.00958. The molecule has 16 heavy (non-hydrogen) atoms. The molecule has 0 radical (unpaired) electrons. The van der Waals surface area contributed by atoms with Crippen LogP contribution in [-0.4, -0.2) is 12.2 Å². The molecule has 0 aliphatic carbocycles. The molecule has 0 saturated carbocycles. The molecule has 1 unspecified atom stereocenters. The normalized spacial score (nSPS) is 14.1. The Hall–Kier alpha value is -0.110. The lowest BCUT2D eigenvalue weighted by Gasteiger charge is -2.16. The van der Waals surface area contributed by atoms with E-state index < -0.39 is 12.6 Å². The van der Waals surface area contributed by atoms with Crippen molar-refractivity contribution in [2.24, 2.45) is 5.84 Å². The lowest BCUT2D eigenvalue weighted by atomic mass is 10.1. The summed E-state index contributed by atoms with van der Waals surface area (Å²) in [5.74, 6) is 5.24. The highest BCUT2D eigenvalue weighted by molar-refractivity contribution is 9.10. The average molecular weight is 317 g/mol. The zero-order valence-electron chi connectivity index (χ0n) is 8.35. The molecule has 0 aliphatic heterocycles. The molecule has 1 aromatic heterocycles. The van der Waals surface area contributed by atoms with Crippen LogP contribution in [0, 0.1) is 0 Å². The van der Waals surface area contributed by atoms with Crippen LogP contribution in [0.2, 0.25) is 0 Å². The Labute approximate surface area is 104 Å². The maximum absolute atomic E-state index is 12.0. The summed E-state index contributed by atoms with van der Waals surface area (Å²) in [6.45, 7) is 0. The number of nitrogens with one attached hydrogen (secondary N) is 1. The first-order valence-corrected chi connectivity index (χ1v) is 6.34. The van der Waals surface area contributed by atoms with E-state index in [1.54, 1.807) is 0 Å². The van der Waals surface area contributed by atoms with Gasteiger partial charge in [-0.2, -0.15) is 13.2 Å². The number of nitrogens with two attached hydrogens (primary N) is 1. The highest BCUT2D eigenvalue weighted by atomic mass is 79.9. The molecule has 1 heterocycles. The topological polar surface area (TPSA) is 38.0 Å². The van der Waals surface area contributed by atoms with E-state index in [2.05, 4.69) is 21.4 Å². The van der Waals surface area contributed by atoms with E-state index in [1.807, 2.05) is 11.4 Å². The van der Waals surface area contributed by atoms with Crippen molar-refractivity contribution < 1.29 is 13.2 Å². The average Bonchev–Trinajstić information content (AvgIpc) is 2.57. The zero-order chi connectivity index (χ0) is 12.2. The van der Waals surface area contributed by atoms with Crippen molar-refractivity contribution >= 4 is 27.3 Å². The molecule has 3 N–H and O–H groups in total. The molecule has 0 aromatic carbocycles. The lowest BCUT2D eigenvalue weighted by molar-refractivity contribution is -0.136. The molecule has 0 aliphatic rings. The predicted octanol–water partition coefficient (Wildman–Crippen LogP) is 3.23. The Bertz CT molecular complexity index is 327. The van der Waals surface area contributed by atoms with Gasteiger partial charge in [-0.3, -0.25) is 11.3 Å². The van der Waals surface area contributed by atoms with E-state index in [1.165, 1.54) is 11.3 Å². The third kappa shape index (κ3) is 4.82. The second-order valence-corrected chi connectivity index (χ2v) is 5.27. The van der Waals surface area contributed by atoms with Crippen LogP contribution in [0.1, 0.15) is 17.7 Å². The molecule has 0 saturated heterocycles. The van der Waals surface area contributed by atoms with Crippen molar-refractivity contribution in [3.8, 4) is 0 Å². The molecule has 92 valence electrons. The second kappa shape index (κ2) is 6.00. The molecule has 7 heteroatoms. The van der Waals surface area contributed by atoms with Crippen LogP contribution in [0.5, 0.6) is 0 Å². The first-order chi connectivity index (χ1) is 7.42. The van der Waals surface area contributed by atoms with Crippen LogP contribution < -0.4 is 11.3 Å². The SMILES string of the molecule is NNC(CCC(F)(F)F)Cc1sccc1Br. The standard InChI is InChI=1S/C9H12BrF3N2S/c10-7-2-4-16-8(7)5-6(15-14)1-3-9(11,12)13/h2,4,6,15H,1,3,5,14H2. The fourth-order valence-corrected chi connectivity index (χ4v) is 2.87. The van der Waals surface area contributed by atoms with Crippen LogP contribution in [0.15, 0.2) is 15.9 Å². The third-order valence-corrected chi connectivity index (χ3v) is 4.08. The lowest BCUT2D eigenvalue weighted by Crippen LogP contribution is -2.37. The monoisotopic (exact) mass is 316 g/mol. The van der Waals surface area contributed by atoms with E-state index in [0.29, 0.717) is 6.42 Å². The Morgan fingerprint density at radius 1 is 1.50 bits per heavy atom. The molecular weight excluding hydrogens is 305 g/mol. The first-order valence-electron chi connectivity index (χ1n) is 4.67. The van der Waals surface area contributed by atoms with Crippen LogP contribution in [0.25, 0.3) is 0 Å². The number of hydrogen-bond acceptors (Lipinski definition) is 3. The zero-order valence-corrected chi connectivity index (χ0v) is 10.8. The first kappa shape index (κ1) is 14.0. The van der Waals surface area contributed by atoms with Crippen molar-refractivity contribution in [2.45, 2.75) is 31.5 Å². The van der Waals surface area contributed by atoms with Gasteiger partial charge in [0, 0.05) is 21.8 Å². The van der Waals surface area contributed by atoms with Crippen molar-refractivity contribution in [3.63, 3.8) is 0 Å². The van der Waals surface area contributed by atoms with Crippen molar-refractivity contribution in [1.29, 1.82) is 0 Å². The van der Waals surface area contributed by atoms with E-state index in [4.69, 9.17) is 5.84 Å². The highest BCUT2D eigenvalue weighted by Gasteiger charge is 2.28. The molecule has 1 rings (SSSR count). The predicted molar refractivity (Wildman–Crippen MR) is 62.1 cm³/mol. The molecule has 0 spiro atoms. The Morgan fingerprint density at radius 3 is 2.62 bits per heavy atom. The number of rotatable bonds is 5. The van der Waals surface area contributed by atoms with Crippen molar-refractivity contribution in [3.05, 3.63) is 20.8 Å². The minimum Gasteiger partial charge on any atom is -0.271 e. The summed E-state index contributed by atoms with van der Waals surface area (Å²) < 4.78 is 37.0. The molecule has 0 amide bonds. The third-order valence-electron chi connectivity index (χ3n) is 2.13. The summed E-state index contributed by atoms with van der Waals surface area (Å²) in [4.78, 5) is 1.00. The van der Waals surface area contributed by atoms with Crippen LogP contribution >= 0.6 is 27.3 Å². The van der Waals surface area contributed by atoms with E-state index in [0.717, 1.165) is 9.35 Å². The summed E-state index contributed by atoms with van der Waals surface area (Å²) in [5, 5.41) is 1.89. The highest BCUT2D eigenvalue weighted by Crippen LogP contribution is 2.27. The number of hydrazine groups is 1. The van der Waals surface area contributed by atoms with Gasteiger partial charge in [-0.25, -0.2) is 0 Å². The summed E-state index contributed by atoms with van der Waals surface area (Å²) in [6.07, 6.45) is -4.44. The van der Waals surface area contributed by atoms with Gasteiger partial charge in [0.2, 0.25) is 0 Å². The molecular formula is C9H12BrF3N2S. The van der Waals surface area contributed by atoms with Gasteiger partial charge in [-0.15, -0.1) is 11.3 Å². The Balaban J connectivity index is 2.47. The second-order valence-electron chi connectivity index (χ2n) is 3.41. The van der Waals surface area contributed by atoms with E-state index in [-0.39, 0.29) is 12.5 Å². The Morgan fingerprint density at radius 2 is 2.19 bits per heavy atom. The van der Waals surface area contributed by atoms with Gasteiger partial charge in [-0.1, -0.05) is 0 Å². The molecule has 2 nitrogen and oxygen atoms in total. The summed E-state index contributed by atoms with van der Waals surface area (Å²) >= 11 is 4.84. The Kier molecular flexibility index (Phi) is 5.23. The summed E-state index contributed by atoms with van der Waals surface area (Å²) in [7, 11) is 0. The van der Waals surface area contributed by atoms with Crippen LogP contribution in [0.4, 0.5) is 13.2 Å². The fourth-order valence-electron chi connectivity index (χ4n) is 1.28. The van der Waals surface area contributed by atoms with Gasteiger partial charge in [0.25, 0.3) is 0 Å². The fraction of sp³-hybridized carbons (Fsp3) is 0.556. The van der Waals surface area contributed by atoms with Crippen LogP contribution in [-0.2, 0) is 6.42 Å². The number of halogens is 4. The largest absolute Gasteiger partial charge is 0.389 e. The smallest absolute Gasteiger partial charge is 0.271 e. The van der Waals surface area contributed by atoms with E-state index in [9.17, 15) is 13.2 Å². The maximum atomic E-state index is 12.0. The number of hydrogen-bond donors (Lipinski definition) is 2. The number of thiophene rings is 1. The quantitative estimate of drug-likeness (QED) is 0.646. The van der Waals surface area contributed by atoms with E-state index >= 15 is 0 Å². The van der Waals surface area contributed by atoms with Crippen molar-refractivity contribution in [1.82, 2.24) is 5.43 Å². The van der Waals surface area contributed by atoms with Gasteiger partial charge in [0.15, 0.2) is 0 Å².